The topological polar surface area (TPSA) is 91.7 Å². The Kier molecular flexibility index (Phi) is 6.52. The van der Waals surface area contributed by atoms with Crippen LogP contribution in [0.4, 0.5) is 11.4 Å². The number of carbonyl (C=O) groups excluding carboxylic acids is 3. The number of Topliss-reactive ketones (excluding diaryl/α,β-unsaturated/α-hetero) is 1. The molecular weight excluding hydrogens is 430 g/mol. The summed E-state index contributed by atoms with van der Waals surface area (Å²) < 4.78 is 5.76. The maximum absolute atomic E-state index is 13.7. The van der Waals surface area contributed by atoms with Gasteiger partial charge >= 0.3 is 0 Å². The minimum atomic E-state index is -0.664. The van der Waals surface area contributed by atoms with Crippen molar-refractivity contribution >= 4 is 29.0 Å². The summed E-state index contributed by atoms with van der Waals surface area (Å²) in [6.07, 6.45) is 9.19. The van der Waals surface area contributed by atoms with Gasteiger partial charge in [0.05, 0.1) is 17.6 Å². The van der Waals surface area contributed by atoms with E-state index >= 15 is 0 Å². The van der Waals surface area contributed by atoms with Crippen molar-refractivity contribution in [3.63, 3.8) is 0 Å². The number of hydrogen-bond donors (Lipinski definition) is 2. The summed E-state index contributed by atoms with van der Waals surface area (Å²) in [5.41, 5.74) is 2.88. The average Bonchev–Trinajstić information content (AvgIpc) is 3.33. The van der Waals surface area contributed by atoms with Crippen LogP contribution in [0.25, 0.3) is 0 Å². The Labute approximate surface area is 199 Å². The van der Waals surface area contributed by atoms with Gasteiger partial charge in [-0.15, -0.1) is 0 Å². The number of fused-ring (bicyclic) bond motifs is 1. The fourth-order valence-electron chi connectivity index (χ4n) is 5.41. The summed E-state index contributed by atoms with van der Waals surface area (Å²) in [4.78, 5) is 41.2. The second-order valence-electron chi connectivity index (χ2n) is 9.40. The van der Waals surface area contributed by atoms with E-state index in [1.165, 1.54) is 6.42 Å². The molecule has 1 aliphatic heterocycles. The SMILES string of the molecule is O=C(CCC(=O)N1c2ccccc2NC2=C(C(=O)CCC2)[C@H]1c1ccco1)NC1CCCCC1. The average molecular weight is 462 g/mol. The zero-order valence-corrected chi connectivity index (χ0v) is 19.3. The number of ketones is 1. The number of amides is 2. The molecule has 0 spiro atoms. The Morgan fingerprint density at radius 3 is 2.62 bits per heavy atom. The lowest BCUT2D eigenvalue weighted by atomic mass is 9.88. The van der Waals surface area contributed by atoms with Gasteiger partial charge in [0, 0.05) is 36.6 Å². The van der Waals surface area contributed by atoms with Crippen LogP contribution in [0, 0.1) is 0 Å². The quantitative estimate of drug-likeness (QED) is 0.653. The van der Waals surface area contributed by atoms with Gasteiger partial charge in [0.25, 0.3) is 0 Å². The summed E-state index contributed by atoms with van der Waals surface area (Å²) in [7, 11) is 0. The predicted octanol–water partition coefficient (Wildman–Crippen LogP) is 5.02. The number of rotatable bonds is 5. The van der Waals surface area contributed by atoms with Crippen molar-refractivity contribution in [3.05, 3.63) is 59.7 Å². The highest BCUT2D eigenvalue weighted by Crippen LogP contribution is 2.45. The van der Waals surface area contributed by atoms with E-state index in [2.05, 4.69) is 10.6 Å². The van der Waals surface area contributed by atoms with Crippen molar-refractivity contribution in [1.82, 2.24) is 5.32 Å². The van der Waals surface area contributed by atoms with Crippen molar-refractivity contribution in [3.8, 4) is 0 Å². The molecule has 1 fully saturated rings. The van der Waals surface area contributed by atoms with E-state index in [0.717, 1.165) is 49.9 Å². The van der Waals surface area contributed by atoms with E-state index in [4.69, 9.17) is 4.42 Å². The molecule has 2 N–H and O–H groups in total. The summed E-state index contributed by atoms with van der Waals surface area (Å²) in [6, 6.07) is 10.7. The lowest BCUT2D eigenvalue weighted by Gasteiger charge is -2.32. The number of carbonyl (C=O) groups is 3. The first-order chi connectivity index (χ1) is 16.6. The summed E-state index contributed by atoms with van der Waals surface area (Å²) in [6.45, 7) is 0. The molecule has 2 amide bonds. The number of nitrogens with one attached hydrogen (secondary N) is 2. The second-order valence-corrected chi connectivity index (χ2v) is 9.40. The number of hydrogen-bond acceptors (Lipinski definition) is 5. The lowest BCUT2D eigenvalue weighted by molar-refractivity contribution is -0.126. The van der Waals surface area contributed by atoms with Crippen molar-refractivity contribution in [2.75, 3.05) is 10.2 Å². The molecule has 0 bridgehead atoms. The van der Waals surface area contributed by atoms with Crippen LogP contribution in [0.15, 0.2) is 58.3 Å². The van der Waals surface area contributed by atoms with Gasteiger partial charge in [-0.05, 0) is 49.9 Å². The smallest absolute Gasteiger partial charge is 0.228 e. The van der Waals surface area contributed by atoms with Gasteiger partial charge in [-0.1, -0.05) is 31.4 Å². The number of nitrogens with zero attached hydrogens (tertiary/aromatic N) is 1. The molecule has 3 aliphatic rings. The first kappa shape index (κ1) is 22.4. The van der Waals surface area contributed by atoms with Crippen molar-refractivity contribution < 1.29 is 18.8 Å². The zero-order valence-electron chi connectivity index (χ0n) is 19.3. The van der Waals surface area contributed by atoms with Crippen LogP contribution in [-0.4, -0.2) is 23.6 Å². The molecule has 1 saturated carbocycles. The molecule has 0 saturated heterocycles. The lowest BCUT2D eigenvalue weighted by Crippen LogP contribution is -2.39. The highest BCUT2D eigenvalue weighted by atomic mass is 16.3. The van der Waals surface area contributed by atoms with Crippen molar-refractivity contribution in [2.45, 2.75) is 76.3 Å². The van der Waals surface area contributed by atoms with E-state index in [9.17, 15) is 14.4 Å². The molecule has 1 aromatic carbocycles. The van der Waals surface area contributed by atoms with Gasteiger partial charge in [-0.2, -0.15) is 0 Å². The van der Waals surface area contributed by atoms with Crippen LogP contribution >= 0.6 is 0 Å². The summed E-state index contributed by atoms with van der Waals surface area (Å²) in [5.74, 6) is 0.267. The molecule has 0 unspecified atom stereocenters. The van der Waals surface area contributed by atoms with Gasteiger partial charge in [0.1, 0.15) is 11.8 Å². The molecule has 2 heterocycles. The van der Waals surface area contributed by atoms with E-state index in [-0.39, 0.29) is 36.5 Å². The standard InChI is InChI=1S/C27H31N3O4/c31-22-13-6-11-20-26(22)27(23-14-7-17-34-23)30(21-12-5-4-10-19(21)29-20)25(33)16-15-24(32)28-18-8-2-1-3-9-18/h4-5,7,10,12,14,17-18,27,29H,1-3,6,8-9,11,13,15-16H2,(H,28,32)/t27-/m1/s1. The van der Waals surface area contributed by atoms with Crippen molar-refractivity contribution in [1.29, 1.82) is 0 Å². The molecule has 0 radical (unpaired) electrons. The third-order valence-electron chi connectivity index (χ3n) is 7.05. The Morgan fingerprint density at radius 1 is 1.00 bits per heavy atom. The number of para-hydroxylation sites is 2. The Hall–Kier alpha value is -3.35. The Bertz CT molecular complexity index is 1100. The summed E-state index contributed by atoms with van der Waals surface area (Å²) >= 11 is 0. The number of allylic oxidation sites excluding steroid dienone is 1. The van der Waals surface area contributed by atoms with Gasteiger partial charge in [-0.25, -0.2) is 0 Å². The summed E-state index contributed by atoms with van der Waals surface area (Å²) in [5, 5.41) is 6.53. The maximum atomic E-state index is 13.7. The van der Waals surface area contributed by atoms with Gasteiger partial charge in [-0.3, -0.25) is 19.3 Å². The maximum Gasteiger partial charge on any atom is 0.228 e. The van der Waals surface area contributed by atoms with Gasteiger partial charge in [0.2, 0.25) is 11.8 Å². The van der Waals surface area contributed by atoms with Gasteiger partial charge in [0.15, 0.2) is 5.78 Å². The molecule has 178 valence electrons. The molecule has 34 heavy (non-hydrogen) atoms. The van der Waals surface area contributed by atoms with Crippen LogP contribution in [0.1, 0.15) is 76.0 Å². The number of furan rings is 1. The predicted molar refractivity (Wildman–Crippen MR) is 129 cm³/mol. The van der Waals surface area contributed by atoms with E-state index in [1.807, 2.05) is 24.3 Å². The molecule has 1 atom stereocenters. The first-order valence-corrected chi connectivity index (χ1v) is 12.4. The molecule has 7 nitrogen and oxygen atoms in total. The molecule has 2 aromatic rings. The van der Waals surface area contributed by atoms with Crippen LogP contribution in [-0.2, 0) is 14.4 Å². The number of anilines is 2. The van der Waals surface area contributed by atoms with Gasteiger partial charge < -0.3 is 15.1 Å². The highest BCUT2D eigenvalue weighted by Gasteiger charge is 2.40. The van der Waals surface area contributed by atoms with E-state index < -0.39 is 6.04 Å². The largest absolute Gasteiger partial charge is 0.467 e. The van der Waals surface area contributed by atoms with E-state index in [1.54, 1.807) is 23.3 Å². The van der Waals surface area contributed by atoms with Crippen LogP contribution in [0.2, 0.25) is 0 Å². The highest BCUT2D eigenvalue weighted by molar-refractivity contribution is 6.06. The third kappa shape index (κ3) is 4.52. The monoisotopic (exact) mass is 461 g/mol. The zero-order chi connectivity index (χ0) is 23.5. The minimum Gasteiger partial charge on any atom is -0.467 e. The van der Waals surface area contributed by atoms with Crippen LogP contribution in [0.3, 0.4) is 0 Å². The minimum absolute atomic E-state index is 0.0239. The normalized spacial score (nSPS) is 20.8. The molecule has 7 heteroatoms. The van der Waals surface area contributed by atoms with E-state index in [0.29, 0.717) is 23.4 Å². The molecule has 5 rings (SSSR count). The molecule has 1 aromatic heterocycles. The second kappa shape index (κ2) is 9.87. The molecule has 2 aliphatic carbocycles. The van der Waals surface area contributed by atoms with Crippen molar-refractivity contribution in [2.24, 2.45) is 0 Å². The molecular formula is C27H31N3O4. The third-order valence-corrected chi connectivity index (χ3v) is 7.05. The Morgan fingerprint density at radius 2 is 1.82 bits per heavy atom. The fourth-order valence-corrected chi connectivity index (χ4v) is 5.41. The van der Waals surface area contributed by atoms with Crippen LogP contribution in [0.5, 0.6) is 0 Å². The fraction of sp³-hybridized carbons (Fsp3) is 0.444. The Balaban J connectivity index is 1.45. The number of benzene rings is 1. The van der Waals surface area contributed by atoms with Crippen LogP contribution < -0.4 is 15.5 Å². The first-order valence-electron chi connectivity index (χ1n) is 12.4.